The minimum absolute atomic E-state index is 0.266. The van der Waals surface area contributed by atoms with E-state index in [1.54, 1.807) is 12.4 Å². The summed E-state index contributed by atoms with van der Waals surface area (Å²) in [6.07, 6.45) is 6.05. The highest BCUT2D eigenvalue weighted by molar-refractivity contribution is 14.1. The highest BCUT2D eigenvalue weighted by atomic mass is 127. The Kier molecular flexibility index (Phi) is 6.73. The number of benzene rings is 1. The van der Waals surface area contributed by atoms with E-state index in [9.17, 15) is 4.79 Å². The van der Waals surface area contributed by atoms with E-state index in [0.717, 1.165) is 58.8 Å². The second kappa shape index (κ2) is 9.84. The van der Waals surface area contributed by atoms with Crippen LogP contribution in [0.15, 0.2) is 54.9 Å². The number of hydrogen-bond donors (Lipinski definition) is 2. The fraction of sp³-hybridized carbons (Fsp3) is 0.273. The van der Waals surface area contributed by atoms with Crippen LogP contribution in [0.25, 0.3) is 11.3 Å². The summed E-state index contributed by atoms with van der Waals surface area (Å²) >= 11 is 2.28. The molecule has 0 radical (unpaired) electrons. The van der Waals surface area contributed by atoms with E-state index in [1.807, 2.05) is 47.4 Å². The molecule has 7 nitrogen and oxygen atoms in total. The van der Waals surface area contributed by atoms with Crippen LogP contribution in [0.1, 0.15) is 19.3 Å². The summed E-state index contributed by atoms with van der Waals surface area (Å²) < 4.78 is 1.14. The summed E-state index contributed by atoms with van der Waals surface area (Å²) in [7, 11) is 0. The van der Waals surface area contributed by atoms with Crippen LogP contribution in [0.5, 0.6) is 0 Å². The van der Waals surface area contributed by atoms with Gasteiger partial charge < -0.3 is 15.5 Å². The van der Waals surface area contributed by atoms with Gasteiger partial charge in [0.15, 0.2) is 0 Å². The van der Waals surface area contributed by atoms with Gasteiger partial charge in [0.05, 0.1) is 5.69 Å². The van der Waals surface area contributed by atoms with Crippen molar-refractivity contribution in [1.82, 2.24) is 19.9 Å². The molecule has 154 valence electrons. The number of carbonyl (C=O) groups is 1. The number of aromatic nitrogens is 3. The lowest BCUT2D eigenvalue weighted by molar-refractivity contribution is -0.127. The molecule has 30 heavy (non-hydrogen) atoms. The summed E-state index contributed by atoms with van der Waals surface area (Å²) in [4.78, 5) is 27.2. The van der Waals surface area contributed by atoms with Crippen LogP contribution in [0.3, 0.4) is 0 Å². The average molecular weight is 514 g/mol. The Labute approximate surface area is 189 Å². The Morgan fingerprint density at radius 2 is 2.03 bits per heavy atom. The number of anilines is 3. The fourth-order valence-electron chi connectivity index (χ4n) is 3.43. The molecule has 0 bridgehead atoms. The van der Waals surface area contributed by atoms with Gasteiger partial charge in [-0.2, -0.15) is 0 Å². The molecular formula is C22H23IN6O. The SMILES string of the molecule is O=C1CCCN1CCCNc1ncccc1-c1ccnc(Nc2cccc(I)c2)n1. The maximum absolute atomic E-state index is 11.7. The van der Waals surface area contributed by atoms with E-state index < -0.39 is 0 Å². The number of amides is 1. The summed E-state index contributed by atoms with van der Waals surface area (Å²) in [5.41, 5.74) is 2.66. The molecule has 0 spiro atoms. The number of carbonyl (C=O) groups excluding carboxylic acids is 1. The minimum Gasteiger partial charge on any atom is -0.369 e. The number of nitrogens with zero attached hydrogens (tertiary/aromatic N) is 4. The number of rotatable bonds is 8. The monoisotopic (exact) mass is 514 g/mol. The van der Waals surface area contributed by atoms with E-state index in [1.165, 1.54) is 0 Å². The average Bonchev–Trinajstić information content (AvgIpc) is 3.16. The van der Waals surface area contributed by atoms with Gasteiger partial charge in [-0.15, -0.1) is 0 Å². The summed E-state index contributed by atoms with van der Waals surface area (Å²) in [6.45, 7) is 2.41. The number of pyridine rings is 1. The van der Waals surface area contributed by atoms with E-state index in [0.29, 0.717) is 12.4 Å². The Hall–Kier alpha value is -2.75. The summed E-state index contributed by atoms with van der Waals surface area (Å²) in [5, 5.41) is 6.65. The predicted octanol–water partition coefficient (Wildman–Crippen LogP) is 4.31. The molecule has 3 aromatic rings. The highest BCUT2D eigenvalue weighted by Gasteiger charge is 2.19. The van der Waals surface area contributed by atoms with Crippen LogP contribution in [0.4, 0.5) is 17.5 Å². The molecule has 1 amide bonds. The molecule has 1 fully saturated rings. The lowest BCUT2D eigenvalue weighted by atomic mass is 10.2. The van der Waals surface area contributed by atoms with Gasteiger partial charge in [-0.05, 0) is 71.8 Å². The molecule has 0 saturated carbocycles. The minimum atomic E-state index is 0.266. The van der Waals surface area contributed by atoms with Gasteiger partial charge in [0.1, 0.15) is 5.82 Å². The molecule has 2 N–H and O–H groups in total. The van der Waals surface area contributed by atoms with E-state index >= 15 is 0 Å². The van der Waals surface area contributed by atoms with Gasteiger partial charge in [-0.3, -0.25) is 4.79 Å². The lowest BCUT2D eigenvalue weighted by Gasteiger charge is -2.16. The van der Waals surface area contributed by atoms with Crippen molar-refractivity contribution >= 4 is 46.0 Å². The largest absolute Gasteiger partial charge is 0.369 e. The van der Waals surface area contributed by atoms with E-state index in [4.69, 9.17) is 0 Å². The lowest BCUT2D eigenvalue weighted by Crippen LogP contribution is -2.27. The second-order valence-corrected chi connectivity index (χ2v) is 8.31. The Morgan fingerprint density at radius 1 is 1.10 bits per heavy atom. The first-order chi connectivity index (χ1) is 14.7. The van der Waals surface area contributed by atoms with Gasteiger partial charge in [0.25, 0.3) is 0 Å². The molecule has 4 rings (SSSR count). The molecule has 0 atom stereocenters. The normalized spacial score (nSPS) is 13.5. The summed E-state index contributed by atoms with van der Waals surface area (Å²) in [6, 6.07) is 13.8. The van der Waals surface area contributed by atoms with Crippen LogP contribution in [-0.2, 0) is 4.79 Å². The van der Waals surface area contributed by atoms with Gasteiger partial charge in [0.2, 0.25) is 11.9 Å². The first kappa shape index (κ1) is 20.5. The Bertz CT molecular complexity index is 1030. The third-order valence-electron chi connectivity index (χ3n) is 4.89. The van der Waals surface area contributed by atoms with Crippen molar-refractivity contribution in [2.24, 2.45) is 0 Å². The molecule has 1 aliphatic heterocycles. The smallest absolute Gasteiger partial charge is 0.227 e. The number of likely N-dealkylation sites (tertiary alicyclic amines) is 1. The van der Waals surface area contributed by atoms with Crippen molar-refractivity contribution in [3.63, 3.8) is 0 Å². The maximum Gasteiger partial charge on any atom is 0.227 e. The molecular weight excluding hydrogens is 491 g/mol. The van der Waals surface area contributed by atoms with Crippen molar-refractivity contribution in [3.8, 4) is 11.3 Å². The van der Waals surface area contributed by atoms with Gasteiger partial charge in [-0.1, -0.05) is 6.07 Å². The van der Waals surface area contributed by atoms with Crippen molar-refractivity contribution in [2.75, 3.05) is 30.3 Å². The third kappa shape index (κ3) is 5.24. The number of hydrogen-bond acceptors (Lipinski definition) is 6. The zero-order chi connectivity index (χ0) is 20.8. The highest BCUT2D eigenvalue weighted by Crippen LogP contribution is 2.25. The van der Waals surface area contributed by atoms with Crippen molar-refractivity contribution in [2.45, 2.75) is 19.3 Å². The van der Waals surface area contributed by atoms with Gasteiger partial charge in [0, 0.05) is 53.3 Å². The van der Waals surface area contributed by atoms with Crippen LogP contribution in [-0.4, -0.2) is 45.4 Å². The van der Waals surface area contributed by atoms with Crippen LogP contribution in [0.2, 0.25) is 0 Å². The zero-order valence-corrected chi connectivity index (χ0v) is 18.7. The first-order valence-electron chi connectivity index (χ1n) is 10.0. The Morgan fingerprint density at radius 3 is 2.87 bits per heavy atom. The predicted molar refractivity (Wildman–Crippen MR) is 127 cm³/mol. The maximum atomic E-state index is 11.7. The molecule has 2 aromatic heterocycles. The number of nitrogens with one attached hydrogen (secondary N) is 2. The number of halogens is 1. The van der Waals surface area contributed by atoms with Crippen molar-refractivity contribution in [3.05, 3.63) is 58.4 Å². The molecule has 1 aliphatic rings. The third-order valence-corrected chi connectivity index (χ3v) is 5.56. The van der Waals surface area contributed by atoms with Crippen LogP contribution >= 0.6 is 22.6 Å². The van der Waals surface area contributed by atoms with E-state index in [-0.39, 0.29) is 5.91 Å². The van der Waals surface area contributed by atoms with Crippen molar-refractivity contribution < 1.29 is 4.79 Å². The second-order valence-electron chi connectivity index (χ2n) is 7.07. The molecule has 1 saturated heterocycles. The molecule has 1 aromatic carbocycles. The van der Waals surface area contributed by atoms with Gasteiger partial charge in [-0.25, -0.2) is 15.0 Å². The van der Waals surface area contributed by atoms with Crippen LogP contribution < -0.4 is 10.6 Å². The topological polar surface area (TPSA) is 83.0 Å². The molecule has 0 aliphatic carbocycles. The Balaban J connectivity index is 1.43. The quantitative estimate of drug-likeness (QED) is 0.345. The van der Waals surface area contributed by atoms with Crippen molar-refractivity contribution in [1.29, 1.82) is 0 Å². The fourth-order valence-corrected chi connectivity index (χ4v) is 3.98. The molecule has 3 heterocycles. The van der Waals surface area contributed by atoms with Gasteiger partial charge >= 0.3 is 0 Å². The molecule has 8 heteroatoms. The van der Waals surface area contributed by atoms with E-state index in [2.05, 4.69) is 48.2 Å². The molecule has 0 unspecified atom stereocenters. The zero-order valence-electron chi connectivity index (χ0n) is 16.5. The standard InChI is InChI=1S/C22H23IN6O/c23-16-5-1-6-17(15-16)27-22-26-12-9-19(28-22)18-7-2-10-24-21(18)25-11-4-14-29-13-3-8-20(29)30/h1-2,5-7,9-10,12,15H,3-4,8,11,13-14H2,(H,24,25)(H,26,27,28). The van der Waals surface area contributed by atoms with Crippen LogP contribution in [0, 0.1) is 3.57 Å². The first-order valence-corrected chi connectivity index (χ1v) is 11.1. The summed E-state index contributed by atoms with van der Waals surface area (Å²) in [5.74, 6) is 1.59.